The predicted octanol–water partition coefficient (Wildman–Crippen LogP) is 6.69. The van der Waals surface area contributed by atoms with Crippen molar-refractivity contribution in [2.45, 2.75) is 59.0 Å². The van der Waals surface area contributed by atoms with Crippen molar-refractivity contribution in [1.29, 1.82) is 0 Å². The number of halogens is 2. The second-order valence-electron chi connectivity index (χ2n) is 11.2. The van der Waals surface area contributed by atoms with E-state index in [1.165, 1.54) is 6.07 Å². The first-order valence-corrected chi connectivity index (χ1v) is 14.5. The van der Waals surface area contributed by atoms with Crippen molar-refractivity contribution in [3.8, 4) is 39.8 Å². The third-order valence-electron chi connectivity index (χ3n) is 8.58. The molecular formula is C33H30F2N4O5. The summed E-state index contributed by atoms with van der Waals surface area (Å²) in [4.78, 5) is 22.9. The largest absolute Gasteiger partial charge is 0.480 e. The molecule has 44 heavy (non-hydrogen) atoms. The standard InChI is InChI=1S/C33H30F2N4O5/c1-17-20(21-7-4-9-23(18(21)2)31-38-25-14-36-15-29(25)43-31)6-3-8-22(17)30-37-24-12-19(16-39-11-5-10-26(39)32(40)41)27(44-33(34)35)13-28(24)42-30/h3-4,6-9,12-13,26,33,36H,5,10-11,14-16H2,1-2H3,(H,40,41). The van der Waals surface area contributed by atoms with E-state index < -0.39 is 18.6 Å². The van der Waals surface area contributed by atoms with Gasteiger partial charge in [-0.3, -0.25) is 9.69 Å². The molecule has 5 aromatic rings. The van der Waals surface area contributed by atoms with Crippen LogP contribution in [0.15, 0.2) is 57.4 Å². The lowest BCUT2D eigenvalue weighted by molar-refractivity contribution is -0.142. The van der Waals surface area contributed by atoms with Gasteiger partial charge in [-0.15, -0.1) is 0 Å². The molecule has 1 unspecified atom stereocenters. The molecule has 0 saturated carbocycles. The number of hydrogen-bond acceptors (Lipinski definition) is 8. The number of aliphatic carboxylic acids is 1. The Morgan fingerprint density at radius 2 is 1.70 bits per heavy atom. The molecule has 0 bridgehead atoms. The molecule has 4 heterocycles. The van der Waals surface area contributed by atoms with Gasteiger partial charge in [0.25, 0.3) is 0 Å². The van der Waals surface area contributed by atoms with Crippen LogP contribution in [-0.4, -0.2) is 45.1 Å². The number of likely N-dealkylation sites (tertiary alicyclic amines) is 1. The minimum absolute atomic E-state index is 0.0579. The fourth-order valence-electron chi connectivity index (χ4n) is 6.34. The highest BCUT2D eigenvalue weighted by Crippen LogP contribution is 2.39. The van der Waals surface area contributed by atoms with Gasteiger partial charge < -0.3 is 24.0 Å². The molecule has 9 nitrogen and oxygen atoms in total. The lowest BCUT2D eigenvalue weighted by Crippen LogP contribution is -2.35. The molecule has 11 heteroatoms. The molecule has 1 atom stereocenters. The van der Waals surface area contributed by atoms with Gasteiger partial charge in [0.2, 0.25) is 11.8 Å². The number of fused-ring (bicyclic) bond motifs is 2. The molecule has 226 valence electrons. The van der Waals surface area contributed by atoms with E-state index in [2.05, 4.69) is 11.4 Å². The number of nitrogens with one attached hydrogen (secondary N) is 1. The van der Waals surface area contributed by atoms with Crippen LogP contribution in [0.2, 0.25) is 0 Å². The Bertz CT molecular complexity index is 1880. The van der Waals surface area contributed by atoms with E-state index >= 15 is 0 Å². The maximum Gasteiger partial charge on any atom is 0.387 e. The molecule has 2 aliphatic rings. The highest BCUT2D eigenvalue weighted by molar-refractivity contribution is 5.84. The van der Waals surface area contributed by atoms with E-state index in [9.17, 15) is 18.7 Å². The summed E-state index contributed by atoms with van der Waals surface area (Å²) < 4.78 is 43.8. The number of rotatable bonds is 8. The van der Waals surface area contributed by atoms with Crippen molar-refractivity contribution in [2.75, 3.05) is 6.54 Å². The number of hydrogen-bond donors (Lipinski definition) is 2. The van der Waals surface area contributed by atoms with Crippen LogP contribution < -0.4 is 10.1 Å². The van der Waals surface area contributed by atoms with Gasteiger partial charge >= 0.3 is 12.6 Å². The number of aromatic nitrogens is 2. The van der Waals surface area contributed by atoms with Crippen molar-refractivity contribution in [1.82, 2.24) is 20.2 Å². The zero-order valence-electron chi connectivity index (χ0n) is 24.2. The van der Waals surface area contributed by atoms with Gasteiger partial charge in [-0.1, -0.05) is 24.3 Å². The highest BCUT2D eigenvalue weighted by Gasteiger charge is 2.31. The van der Waals surface area contributed by atoms with Crippen molar-refractivity contribution < 1.29 is 32.3 Å². The normalized spacial score (nSPS) is 16.7. The first-order chi connectivity index (χ1) is 21.3. The lowest BCUT2D eigenvalue weighted by atomic mass is 9.91. The first kappa shape index (κ1) is 28.2. The second kappa shape index (κ2) is 11.1. The lowest BCUT2D eigenvalue weighted by Gasteiger charge is -2.22. The average Bonchev–Trinajstić information content (AvgIpc) is 3.77. The smallest absolute Gasteiger partial charge is 0.387 e. The molecule has 3 aromatic carbocycles. The molecular weight excluding hydrogens is 570 g/mol. The zero-order chi connectivity index (χ0) is 30.5. The number of carboxylic acids is 1. The number of carboxylic acid groups (broad SMARTS) is 1. The summed E-state index contributed by atoms with van der Waals surface area (Å²) in [6.07, 6.45) is 1.22. The van der Waals surface area contributed by atoms with Crippen LogP contribution >= 0.6 is 0 Å². The van der Waals surface area contributed by atoms with Crippen molar-refractivity contribution in [2.24, 2.45) is 0 Å². The molecule has 2 N–H and O–H groups in total. The van der Waals surface area contributed by atoms with E-state index in [0.29, 0.717) is 60.9 Å². The van der Waals surface area contributed by atoms with Crippen LogP contribution in [0.4, 0.5) is 8.78 Å². The summed E-state index contributed by atoms with van der Waals surface area (Å²) >= 11 is 0. The van der Waals surface area contributed by atoms with Crippen molar-refractivity contribution >= 4 is 17.1 Å². The number of benzene rings is 3. The van der Waals surface area contributed by atoms with Crippen molar-refractivity contribution in [3.63, 3.8) is 0 Å². The summed E-state index contributed by atoms with van der Waals surface area (Å²) in [6, 6.07) is 14.3. The Balaban J connectivity index is 1.25. The summed E-state index contributed by atoms with van der Waals surface area (Å²) in [5.74, 6) is 0.823. The minimum atomic E-state index is -3.05. The zero-order valence-corrected chi connectivity index (χ0v) is 24.2. The van der Waals surface area contributed by atoms with Crippen LogP contribution in [0.3, 0.4) is 0 Å². The molecule has 1 fully saturated rings. The topological polar surface area (TPSA) is 114 Å². The van der Waals surface area contributed by atoms with Gasteiger partial charge in [0.05, 0.1) is 12.2 Å². The molecule has 0 radical (unpaired) electrons. The minimum Gasteiger partial charge on any atom is -0.480 e. The Morgan fingerprint density at radius 3 is 2.36 bits per heavy atom. The SMILES string of the molecule is Cc1c(-c2nc3c(o2)CNC3)cccc1-c1cccc(-c2nc3cc(CN4CCCC4C(=O)O)c(OC(F)F)cc3o2)c1C. The Kier molecular flexibility index (Phi) is 7.14. The van der Waals surface area contributed by atoms with Gasteiger partial charge in [0, 0.05) is 35.8 Å². The van der Waals surface area contributed by atoms with E-state index in [1.54, 1.807) is 11.0 Å². The number of ether oxygens (including phenoxy) is 1. The summed E-state index contributed by atoms with van der Waals surface area (Å²) in [5, 5.41) is 12.8. The summed E-state index contributed by atoms with van der Waals surface area (Å²) in [5.41, 5.74) is 7.77. The van der Waals surface area contributed by atoms with E-state index in [1.807, 2.05) is 44.2 Å². The fraction of sp³-hybridized carbons (Fsp3) is 0.303. The Labute approximate surface area is 251 Å². The Morgan fingerprint density at radius 1 is 1.02 bits per heavy atom. The van der Waals surface area contributed by atoms with Gasteiger partial charge in [-0.05, 0) is 73.7 Å². The van der Waals surface area contributed by atoms with E-state index in [-0.39, 0.29) is 12.3 Å². The predicted molar refractivity (Wildman–Crippen MR) is 158 cm³/mol. The monoisotopic (exact) mass is 600 g/mol. The number of alkyl halides is 2. The maximum absolute atomic E-state index is 13.4. The van der Waals surface area contributed by atoms with Gasteiger partial charge in [-0.2, -0.15) is 8.78 Å². The number of oxazole rings is 2. The first-order valence-electron chi connectivity index (χ1n) is 14.5. The Hall–Kier alpha value is -4.61. The maximum atomic E-state index is 13.4. The van der Waals surface area contributed by atoms with Gasteiger partial charge in [0.15, 0.2) is 5.58 Å². The van der Waals surface area contributed by atoms with Crippen LogP contribution in [0.1, 0.15) is 41.0 Å². The highest BCUT2D eigenvalue weighted by atomic mass is 19.3. The molecule has 7 rings (SSSR count). The molecule has 0 spiro atoms. The molecule has 1 saturated heterocycles. The number of carbonyl (C=O) groups is 1. The third-order valence-corrected chi connectivity index (χ3v) is 8.58. The molecule has 0 amide bonds. The van der Waals surface area contributed by atoms with E-state index in [4.69, 9.17) is 23.5 Å². The quantitative estimate of drug-likeness (QED) is 0.201. The fourth-order valence-corrected chi connectivity index (χ4v) is 6.34. The van der Waals surface area contributed by atoms with Crippen LogP contribution in [0, 0.1) is 13.8 Å². The summed E-state index contributed by atoms with van der Waals surface area (Å²) in [6.45, 7) is 3.06. The van der Waals surface area contributed by atoms with Crippen LogP contribution in [-0.2, 0) is 24.4 Å². The molecule has 2 aromatic heterocycles. The molecule has 2 aliphatic heterocycles. The van der Waals surface area contributed by atoms with Crippen LogP contribution in [0.5, 0.6) is 5.75 Å². The second-order valence-corrected chi connectivity index (χ2v) is 11.2. The van der Waals surface area contributed by atoms with E-state index in [0.717, 1.165) is 44.8 Å². The van der Waals surface area contributed by atoms with Gasteiger partial charge in [-0.25, -0.2) is 9.97 Å². The molecule has 0 aliphatic carbocycles. The van der Waals surface area contributed by atoms with Crippen LogP contribution in [0.25, 0.3) is 45.1 Å². The summed E-state index contributed by atoms with van der Waals surface area (Å²) in [7, 11) is 0. The average molecular weight is 601 g/mol. The number of nitrogens with zero attached hydrogens (tertiary/aromatic N) is 3. The van der Waals surface area contributed by atoms with Gasteiger partial charge in [0.1, 0.15) is 23.1 Å². The third kappa shape index (κ3) is 5.01. The van der Waals surface area contributed by atoms with Crippen molar-refractivity contribution in [3.05, 3.63) is 76.7 Å².